The van der Waals surface area contributed by atoms with E-state index in [2.05, 4.69) is 0 Å². The van der Waals surface area contributed by atoms with Crippen molar-refractivity contribution in [3.8, 4) is 0 Å². The van der Waals surface area contributed by atoms with Gasteiger partial charge < -0.3 is 0 Å². The second kappa shape index (κ2) is 3.54. The smallest absolute Gasteiger partial charge is 0.244 e. The van der Waals surface area contributed by atoms with Crippen molar-refractivity contribution in [3.05, 3.63) is 52.6 Å². The molecule has 0 spiro atoms. The Kier molecular flexibility index (Phi) is 2.13. The van der Waals surface area contributed by atoms with Crippen molar-refractivity contribution in [2.75, 3.05) is 0 Å². The topological polar surface area (TPSA) is 34.1 Å². The quantitative estimate of drug-likeness (QED) is 0.665. The van der Waals surface area contributed by atoms with Crippen LogP contribution >= 0.6 is 11.6 Å². The molecule has 0 saturated heterocycles. The maximum Gasteiger partial charge on any atom is 0.244 e. The number of rotatable bonds is 0. The molecule has 0 atom stereocenters. The Bertz CT molecular complexity index is 693. The van der Waals surface area contributed by atoms with Gasteiger partial charge in [-0.1, -0.05) is 48.0 Å². The molecular formula is C14H7ClO2. The third-order valence-electron chi connectivity index (χ3n) is 2.89. The van der Waals surface area contributed by atoms with E-state index in [-0.39, 0.29) is 5.03 Å². The molecule has 0 radical (unpaired) electrons. The van der Waals surface area contributed by atoms with Gasteiger partial charge in [-0.05, 0) is 17.0 Å². The lowest BCUT2D eigenvalue weighted by molar-refractivity contribution is -0.111. The molecular weight excluding hydrogens is 236 g/mol. The van der Waals surface area contributed by atoms with Crippen molar-refractivity contribution in [2.45, 2.75) is 0 Å². The molecule has 3 rings (SSSR count). The molecule has 17 heavy (non-hydrogen) atoms. The van der Waals surface area contributed by atoms with Gasteiger partial charge >= 0.3 is 0 Å². The van der Waals surface area contributed by atoms with Crippen molar-refractivity contribution in [3.63, 3.8) is 0 Å². The van der Waals surface area contributed by atoms with E-state index in [4.69, 9.17) is 11.6 Å². The molecule has 0 aromatic heterocycles. The molecule has 2 aromatic carbocycles. The molecule has 2 nitrogen and oxygen atoms in total. The van der Waals surface area contributed by atoms with Crippen LogP contribution in [0.4, 0.5) is 0 Å². The predicted molar refractivity (Wildman–Crippen MR) is 67.1 cm³/mol. The van der Waals surface area contributed by atoms with E-state index in [1.165, 1.54) is 0 Å². The molecule has 0 saturated carbocycles. The minimum Gasteiger partial charge on any atom is -0.285 e. The van der Waals surface area contributed by atoms with E-state index in [0.29, 0.717) is 5.56 Å². The van der Waals surface area contributed by atoms with Gasteiger partial charge in [-0.15, -0.1) is 0 Å². The molecule has 0 amide bonds. The van der Waals surface area contributed by atoms with Crippen molar-refractivity contribution in [1.29, 1.82) is 0 Å². The number of hydrogen-bond donors (Lipinski definition) is 0. The lowest BCUT2D eigenvalue weighted by atomic mass is 9.98. The van der Waals surface area contributed by atoms with Gasteiger partial charge in [-0.3, -0.25) is 9.59 Å². The highest BCUT2D eigenvalue weighted by Crippen LogP contribution is 2.29. The number of hydrogen-bond acceptors (Lipinski definition) is 2. The van der Waals surface area contributed by atoms with Crippen LogP contribution in [-0.2, 0) is 4.79 Å². The molecule has 1 aliphatic rings. The summed E-state index contributed by atoms with van der Waals surface area (Å²) in [6, 6.07) is 11.0. The molecule has 0 unspecified atom stereocenters. The Labute approximate surface area is 103 Å². The molecule has 2 aromatic rings. The second-order valence-electron chi connectivity index (χ2n) is 3.90. The number of halogens is 1. The van der Waals surface area contributed by atoms with Crippen molar-refractivity contribution >= 4 is 40.0 Å². The first-order valence-corrected chi connectivity index (χ1v) is 5.54. The summed E-state index contributed by atoms with van der Waals surface area (Å²) in [7, 11) is 0. The molecule has 0 heterocycles. The molecule has 0 fully saturated rings. The fourth-order valence-electron chi connectivity index (χ4n) is 2.11. The summed E-state index contributed by atoms with van der Waals surface area (Å²) in [6.07, 6.45) is 1.56. The Balaban J connectivity index is 2.53. The fourth-order valence-corrected chi connectivity index (χ4v) is 2.32. The zero-order chi connectivity index (χ0) is 12.0. The van der Waals surface area contributed by atoms with E-state index < -0.39 is 11.6 Å². The van der Waals surface area contributed by atoms with E-state index in [0.717, 1.165) is 16.3 Å². The number of benzene rings is 2. The van der Waals surface area contributed by atoms with Crippen LogP contribution in [0.2, 0.25) is 0 Å². The van der Waals surface area contributed by atoms with Crippen molar-refractivity contribution in [2.24, 2.45) is 0 Å². The number of ketones is 2. The largest absolute Gasteiger partial charge is 0.285 e. The highest BCUT2D eigenvalue weighted by atomic mass is 35.5. The van der Waals surface area contributed by atoms with E-state index in [1.807, 2.05) is 24.3 Å². The number of carbonyl (C=O) groups excluding carboxylic acids is 2. The monoisotopic (exact) mass is 242 g/mol. The highest BCUT2D eigenvalue weighted by Gasteiger charge is 2.25. The number of allylic oxidation sites excluding steroid dienone is 1. The van der Waals surface area contributed by atoms with E-state index in [1.54, 1.807) is 18.2 Å². The third-order valence-corrected chi connectivity index (χ3v) is 3.17. The number of Topliss-reactive ketones (excluding diaryl/α,β-unsaturated/α-hetero) is 2. The summed E-state index contributed by atoms with van der Waals surface area (Å²) < 4.78 is 0. The second-order valence-corrected chi connectivity index (χ2v) is 4.31. The fraction of sp³-hybridized carbons (Fsp3) is 0. The van der Waals surface area contributed by atoms with Crippen LogP contribution in [0, 0.1) is 0 Å². The standard InChI is InChI=1S/C14H7ClO2/c15-11-7-9-5-1-3-8-4-2-6-10(12(8)9)13(16)14(11)17/h1-7H. The molecule has 0 N–H and O–H groups in total. The first-order valence-electron chi connectivity index (χ1n) is 5.16. The summed E-state index contributed by atoms with van der Waals surface area (Å²) in [5.74, 6) is -1.18. The minimum absolute atomic E-state index is 0.0290. The molecule has 0 bridgehead atoms. The Morgan fingerprint density at radius 3 is 2.35 bits per heavy atom. The Morgan fingerprint density at radius 2 is 1.59 bits per heavy atom. The number of carbonyl (C=O) groups is 2. The lowest BCUT2D eigenvalue weighted by Gasteiger charge is -2.04. The van der Waals surface area contributed by atoms with Crippen molar-refractivity contribution < 1.29 is 9.59 Å². The van der Waals surface area contributed by atoms with Gasteiger partial charge in [0.05, 0.1) is 5.03 Å². The normalized spacial score (nSPS) is 14.8. The Morgan fingerprint density at radius 1 is 0.882 bits per heavy atom. The van der Waals surface area contributed by atoms with Gasteiger partial charge in [0.25, 0.3) is 0 Å². The van der Waals surface area contributed by atoms with Crippen LogP contribution < -0.4 is 0 Å². The average molecular weight is 243 g/mol. The highest BCUT2D eigenvalue weighted by molar-refractivity contribution is 6.63. The third kappa shape index (κ3) is 1.41. The van der Waals surface area contributed by atoms with Crippen LogP contribution in [0.15, 0.2) is 41.4 Å². The van der Waals surface area contributed by atoms with Gasteiger partial charge in [-0.25, -0.2) is 0 Å². The van der Waals surface area contributed by atoms with Gasteiger partial charge in [0.1, 0.15) is 0 Å². The van der Waals surface area contributed by atoms with Gasteiger partial charge in [0.2, 0.25) is 11.6 Å². The summed E-state index contributed by atoms with van der Waals surface area (Å²) in [5.41, 5.74) is 1.23. The molecule has 82 valence electrons. The van der Waals surface area contributed by atoms with Crippen LogP contribution in [0.25, 0.3) is 16.8 Å². The van der Waals surface area contributed by atoms with Crippen LogP contribution in [-0.4, -0.2) is 11.6 Å². The summed E-state index contributed by atoms with van der Waals surface area (Å²) in [4.78, 5) is 23.7. The summed E-state index contributed by atoms with van der Waals surface area (Å²) in [5, 5.41) is 1.70. The lowest BCUT2D eigenvalue weighted by Crippen LogP contribution is -2.13. The van der Waals surface area contributed by atoms with Crippen molar-refractivity contribution in [1.82, 2.24) is 0 Å². The van der Waals surface area contributed by atoms with Gasteiger partial charge in [0.15, 0.2) is 0 Å². The maximum absolute atomic E-state index is 12.0. The predicted octanol–water partition coefficient (Wildman–Crippen LogP) is 3.18. The Hall–Kier alpha value is -1.93. The first kappa shape index (κ1) is 10.2. The summed E-state index contributed by atoms with van der Waals surface area (Å²) in [6.45, 7) is 0. The van der Waals surface area contributed by atoms with Crippen LogP contribution in [0.3, 0.4) is 0 Å². The van der Waals surface area contributed by atoms with Crippen LogP contribution in [0.1, 0.15) is 15.9 Å². The minimum atomic E-state index is -0.643. The SMILES string of the molecule is O=C1C(=O)c2cccc3cccc(c23)C=C1Cl. The average Bonchev–Trinajstić information content (AvgIpc) is 2.44. The zero-order valence-corrected chi connectivity index (χ0v) is 9.49. The molecule has 1 aliphatic carbocycles. The van der Waals surface area contributed by atoms with E-state index in [9.17, 15) is 9.59 Å². The zero-order valence-electron chi connectivity index (χ0n) is 8.74. The van der Waals surface area contributed by atoms with Gasteiger partial charge in [0, 0.05) is 10.9 Å². The summed E-state index contributed by atoms with van der Waals surface area (Å²) >= 11 is 5.83. The molecule has 0 aliphatic heterocycles. The maximum atomic E-state index is 12.0. The van der Waals surface area contributed by atoms with E-state index >= 15 is 0 Å². The first-order chi connectivity index (χ1) is 8.18. The van der Waals surface area contributed by atoms with Crippen LogP contribution in [0.5, 0.6) is 0 Å². The molecule has 3 heteroatoms. The van der Waals surface area contributed by atoms with Gasteiger partial charge in [-0.2, -0.15) is 0 Å².